The highest BCUT2D eigenvalue weighted by Gasteiger charge is 1.91. The highest BCUT2D eigenvalue weighted by Crippen LogP contribution is 1.96. The van der Waals surface area contributed by atoms with Gasteiger partial charge in [-0.05, 0) is 0 Å². The summed E-state index contributed by atoms with van der Waals surface area (Å²) < 4.78 is 4.59. The lowest BCUT2D eigenvalue weighted by atomic mass is 10.2. The average molecular weight is 121 g/mol. The summed E-state index contributed by atoms with van der Waals surface area (Å²) in [6.07, 6.45) is 8.13. The van der Waals surface area contributed by atoms with Crippen LogP contribution in [0.4, 0.5) is 0 Å². The molecule has 0 atom stereocenters. The van der Waals surface area contributed by atoms with Gasteiger partial charge in [0.1, 0.15) is 6.26 Å². The van der Waals surface area contributed by atoms with Crippen LogP contribution in [-0.4, -0.2) is 5.16 Å². The highest BCUT2D eigenvalue weighted by atomic mass is 16.5. The molecule has 9 heavy (non-hydrogen) atoms. The zero-order chi connectivity index (χ0) is 6.53. The van der Waals surface area contributed by atoms with Crippen molar-refractivity contribution in [2.24, 2.45) is 0 Å². The van der Waals surface area contributed by atoms with E-state index in [1.165, 1.54) is 0 Å². The largest absolute Gasteiger partial charge is 0.365 e. The molecule has 0 saturated carbocycles. The molecule has 0 aliphatic heterocycles. The summed E-state index contributed by atoms with van der Waals surface area (Å²) in [5.41, 5.74) is 0.924. The molecule has 0 radical (unpaired) electrons. The molecule has 0 unspecified atom stereocenters. The van der Waals surface area contributed by atoms with E-state index in [2.05, 4.69) is 15.6 Å². The summed E-state index contributed by atoms with van der Waals surface area (Å²) >= 11 is 0. The van der Waals surface area contributed by atoms with E-state index in [-0.39, 0.29) is 0 Å². The van der Waals surface area contributed by atoms with E-state index in [0.717, 1.165) is 18.5 Å². The monoisotopic (exact) mass is 121 g/mol. The Hall–Kier alpha value is -1.23. The van der Waals surface area contributed by atoms with Gasteiger partial charge in [0.15, 0.2) is 0 Å². The fraction of sp³-hybridized carbons (Fsp3) is 0.286. The Morgan fingerprint density at radius 2 is 2.67 bits per heavy atom. The zero-order valence-corrected chi connectivity index (χ0v) is 5.00. The van der Waals surface area contributed by atoms with E-state index >= 15 is 0 Å². The number of rotatable bonds is 2. The molecule has 0 aromatic carbocycles. The second-order valence-electron chi connectivity index (χ2n) is 1.69. The van der Waals surface area contributed by atoms with Gasteiger partial charge >= 0.3 is 0 Å². The molecule has 0 aliphatic rings. The third kappa shape index (κ3) is 1.61. The zero-order valence-electron chi connectivity index (χ0n) is 5.00. The Morgan fingerprint density at radius 1 is 1.78 bits per heavy atom. The van der Waals surface area contributed by atoms with Crippen LogP contribution >= 0.6 is 0 Å². The van der Waals surface area contributed by atoms with E-state index in [1.807, 2.05) is 6.07 Å². The third-order valence-electron chi connectivity index (χ3n) is 1.02. The molecular weight excluding hydrogens is 114 g/mol. The van der Waals surface area contributed by atoms with E-state index in [0.29, 0.717) is 0 Å². The maximum absolute atomic E-state index is 5.04. The number of aromatic nitrogens is 1. The van der Waals surface area contributed by atoms with Gasteiger partial charge < -0.3 is 4.52 Å². The van der Waals surface area contributed by atoms with E-state index < -0.39 is 0 Å². The van der Waals surface area contributed by atoms with Crippen molar-refractivity contribution in [2.45, 2.75) is 12.8 Å². The first-order valence-corrected chi connectivity index (χ1v) is 2.76. The van der Waals surface area contributed by atoms with Crippen LogP contribution < -0.4 is 0 Å². The van der Waals surface area contributed by atoms with E-state index in [1.54, 1.807) is 6.26 Å². The summed E-state index contributed by atoms with van der Waals surface area (Å²) in [4.78, 5) is 0. The first-order valence-electron chi connectivity index (χ1n) is 2.76. The first-order chi connectivity index (χ1) is 4.43. The molecule has 0 aliphatic carbocycles. The van der Waals surface area contributed by atoms with Crippen molar-refractivity contribution in [1.82, 2.24) is 5.16 Å². The van der Waals surface area contributed by atoms with Crippen molar-refractivity contribution in [3.63, 3.8) is 0 Å². The average Bonchev–Trinajstić information content (AvgIpc) is 2.34. The maximum Gasteiger partial charge on any atom is 0.124 e. The molecule has 2 heteroatoms. The standard InChI is InChI=1S/C7H7NO/c1-2-3-4-7-5-6-9-8-7/h1,5-6H,3-4H2. The molecule has 0 saturated heterocycles. The predicted octanol–water partition coefficient (Wildman–Crippen LogP) is 1.24. The van der Waals surface area contributed by atoms with Crippen molar-refractivity contribution >= 4 is 0 Å². The third-order valence-corrected chi connectivity index (χ3v) is 1.02. The molecule has 0 N–H and O–H groups in total. The van der Waals surface area contributed by atoms with Crippen LogP contribution in [0, 0.1) is 12.3 Å². The van der Waals surface area contributed by atoms with Crippen molar-refractivity contribution < 1.29 is 4.52 Å². The summed E-state index contributed by atoms with van der Waals surface area (Å²) in [6.45, 7) is 0. The lowest BCUT2D eigenvalue weighted by molar-refractivity contribution is 0.412. The molecule has 1 aromatic rings. The quantitative estimate of drug-likeness (QED) is 0.550. The summed E-state index contributed by atoms with van der Waals surface area (Å²) in [5, 5.41) is 3.68. The van der Waals surface area contributed by atoms with Gasteiger partial charge in [0, 0.05) is 18.9 Å². The second-order valence-corrected chi connectivity index (χ2v) is 1.69. The fourth-order valence-corrected chi connectivity index (χ4v) is 0.567. The fourth-order valence-electron chi connectivity index (χ4n) is 0.567. The minimum absolute atomic E-state index is 0.729. The molecular formula is C7H7NO. The summed E-state index contributed by atoms with van der Waals surface area (Å²) in [6, 6.07) is 1.82. The second kappa shape index (κ2) is 2.93. The Morgan fingerprint density at radius 3 is 3.22 bits per heavy atom. The maximum atomic E-state index is 5.04. The number of hydrogen-bond acceptors (Lipinski definition) is 2. The van der Waals surface area contributed by atoms with Gasteiger partial charge in [0.05, 0.1) is 5.69 Å². The topological polar surface area (TPSA) is 26.0 Å². The SMILES string of the molecule is C#CCCc1ccon1. The first kappa shape index (κ1) is 5.90. The van der Waals surface area contributed by atoms with Crippen molar-refractivity contribution in [2.75, 3.05) is 0 Å². The number of aryl methyl sites for hydroxylation is 1. The molecule has 0 fully saturated rings. The Kier molecular flexibility index (Phi) is 1.92. The van der Waals surface area contributed by atoms with Crippen LogP contribution in [0.3, 0.4) is 0 Å². The van der Waals surface area contributed by atoms with Gasteiger partial charge in [-0.25, -0.2) is 0 Å². The smallest absolute Gasteiger partial charge is 0.124 e. The highest BCUT2D eigenvalue weighted by molar-refractivity contribution is 4.98. The molecule has 46 valence electrons. The Labute approximate surface area is 53.9 Å². The summed E-state index contributed by atoms with van der Waals surface area (Å²) in [5.74, 6) is 2.52. The molecule has 2 nitrogen and oxygen atoms in total. The Balaban J connectivity index is 2.41. The molecule has 1 rings (SSSR count). The van der Waals surface area contributed by atoms with Crippen LogP contribution in [-0.2, 0) is 6.42 Å². The molecule has 1 heterocycles. The molecule has 0 amide bonds. The normalized spacial score (nSPS) is 8.78. The summed E-state index contributed by atoms with van der Waals surface area (Å²) in [7, 11) is 0. The lowest BCUT2D eigenvalue weighted by Gasteiger charge is -1.82. The van der Waals surface area contributed by atoms with E-state index in [4.69, 9.17) is 6.42 Å². The van der Waals surface area contributed by atoms with Gasteiger partial charge in [0.2, 0.25) is 0 Å². The van der Waals surface area contributed by atoms with Gasteiger partial charge in [-0.3, -0.25) is 0 Å². The predicted molar refractivity (Wildman–Crippen MR) is 33.7 cm³/mol. The minimum Gasteiger partial charge on any atom is -0.365 e. The van der Waals surface area contributed by atoms with Gasteiger partial charge in [-0.1, -0.05) is 5.16 Å². The Bertz CT molecular complexity index is 195. The van der Waals surface area contributed by atoms with Gasteiger partial charge in [-0.2, -0.15) is 0 Å². The van der Waals surface area contributed by atoms with E-state index in [9.17, 15) is 0 Å². The van der Waals surface area contributed by atoms with Crippen LogP contribution in [0.25, 0.3) is 0 Å². The van der Waals surface area contributed by atoms with Gasteiger partial charge in [-0.15, -0.1) is 12.3 Å². The van der Waals surface area contributed by atoms with Crippen molar-refractivity contribution in [3.8, 4) is 12.3 Å². The van der Waals surface area contributed by atoms with Crippen LogP contribution in [0.5, 0.6) is 0 Å². The molecule has 0 spiro atoms. The van der Waals surface area contributed by atoms with Crippen LogP contribution in [0.15, 0.2) is 16.9 Å². The number of nitrogens with zero attached hydrogens (tertiary/aromatic N) is 1. The molecule has 1 aromatic heterocycles. The molecule has 0 bridgehead atoms. The van der Waals surface area contributed by atoms with Crippen LogP contribution in [0.2, 0.25) is 0 Å². The number of hydrogen-bond donors (Lipinski definition) is 0. The van der Waals surface area contributed by atoms with Crippen molar-refractivity contribution in [1.29, 1.82) is 0 Å². The minimum atomic E-state index is 0.729. The van der Waals surface area contributed by atoms with Gasteiger partial charge in [0.25, 0.3) is 0 Å². The van der Waals surface area contributed by atoms with Crippen LogP contribution in [0.1, 0.15) is 12.1 Å². The van der Waals surface area contributed by atoms with Crippen molar-refractivity contribution in [3.05, 3.63) is 18.0 Å². The lowest BCUT2D eigenvalue weighted by Crippen LogP contribution is -1.80. The number of terminal acetylenes is 1.